The van der Waals surface area contributed by atoms with Gasteiger partial charge in [0.2, 0.25) is 0 Å². The summed E-state index contributed by atoms with van der Waals surface area (Å²) in [5.74, 6) is 1.13. The molecule has 0 amide bonds. The van der Waals surface area contributed by atoms with Crippen LogP contribution in [0.1, 0.15) is 51.1 Å². The zero-order valence-corrected chi connectivity index (χ0v) is 11.5. The lowest BCUT2D eigenvalue weighted by Crippen LogP contribution is -2.34. The van der Waals surface area contributed by atoms with Crippen molar-refractivity contribution in [3.8, 4) is 0 Å². The second-order valence-electron chi connectivity index (χ2n) is 5.71. The second kappa shape index (κ2) is 4.80. The van der Waals surface area contributed by atoms with Gasteiger partial charge in [-0.2, -0.15) is 5.10 Å². The van der Waals surface area contributed by atoms with E-state index < -0.39 is 5.60 Å². The molecule has 0 aliphatic heterocycles. The molecule has 0 saturated heterocycles. The van der Waals surface area contributed by atoms with Gasteiger partial charge >= 0.3 is 0 Å². The molecule has 1 aliphatic rings. The monoisotopic (exact) mass is 252 g/mol. The first kappa shape index (κ1) is 13.2. The molecular formula is C13H24N4O. The first-order valence-electron chi connectivity index (χ1n) is 6.71. The van der Waals surface area contributed by atoms with Gasteiger partial charge in [-0.25, -0.2) is 0 Å². The minimum Gasteiger partial charge on any atom is -0.394 e. The van der Waals surface area contributed by atoms with Crippen LogP contribution in [0.25, 0.3) is 0 Å². The van der Waals surface area contributed by atoms with E-state index in [4.69, 9.17) is 5.73 Å². The number of aliphatic hydroxyl groups is 1. The molecule has 2 rings (SSSR count). The van der Waals surface area contributed by atoms with E-state index in [0.717, 1.165) is 37.2 Å². The van der Waals surface area contributed by atoms with Crippen LogP contribution in [0.2, 0.25) is 0 Å². The first-order valence-corrected chi connectivity index (χ1v) is 6.71. The van der Waals surface area contributed by atoms with Gasteiger partial charge in [0.25, 0.3) is 0 Å². The maximum Gasteiger partial charge on any atom is 0.147 e. The van der Waals surface area contributed by atoms with Crippen molar-refractivity contribution in [1.29, 1.82) is 0 Å². The lowest BCUT2D eigenvalue weighted by atomic mass is 10.0. The Morgan fingerprint density at radius 1 is 1.44 bits per heavy atom. The van der Waals surface area contributed by atoms with E-state index in [1.165, 1.54) is 0 Å². The smallest absolute Gasteiger partial charge is 0.147 e. The van der Waals surface area contributed by atoms with E-state index in [0.29, 0.717) is 18.2 Å². The number of hydrogen-bond donors (Lipinski definition) is 3. The predicted molar refractivity (Wildman–Crippen MR) is 73.6 cm³/mol. The molecule has 1 heterocycles. The third-order valence-corrected chi connectivity index (χ3v) is 3.78. The Hall–Kier alpha value is -1.23. The highest BCUT2D eigenvalue weighted by molar-refractivity contribution is 5.65. The van der Waals surface area contributed by atoms with Gasteiger partial charge in [0.05, 0.1) is 17.0 Å². The molecule has 1 aromatic rings. The number of aryl methyl sites for hydroxylation is 1. The van der Waals surface area contributed by atoms with E-state index in [1.807, 2.05) is 7.05 Å². The summed E-state index contributed by atoms with van der Waals surface area (Å²) in [6.07, 6.45) is 3.95. The lowest BCUT2D eigenvalue weighted by Gasteiger charge is -2.23. The number of nitrogens with zero attached hydrogens (tertiary/aromatic N) is 2. The zero-order chi connectivity index (χ0) is 13.3. The van der Waals surface area contributed by atoms with Crippen LogP contribution in [0.3, 0.4) is 0 Å². The molecule has 4 N–H and O–H groups in total. The van der Waals surface area contributed by atoms with Crippen molar-refractivity contribution < 1.29 is 5.11 Å². The van der Waals surface area contributed by atoms with Crippen LogP contribution >= 0.6 is 0 Å². The van der Waals surface area contributed by atoms with Gasteiger partial charge in [0.1, 0.15) is 5.82 Å². The molecule has 18 heavy (non-hydrogen) atoms. The van der Waals surface area contributed by atoms with Gasteiger partial charge in [0, 0.05) is 13.6 Å². The average Bonchev–Trinajstić information content (AvgIpc) is 2.83. The highest BCUT2D eigenvalue weighted by Crippen LogP contribution is 2.32. The van der Waals surface area contributed by atoms with Crippen LogP contribution in [0, 0.1) is 0 Å². The molecule has 5 heteroatoms. The third kappa shape index (κ3) is 2.46. The fourth-order valence-electron chi connectivity index (χ4n) is 2.66. The van der Waals surface area contributed by atoms with E-state index in [1.54, 1.807) is 4.68 Å². The molecule has 0 unspecified atom stereocenters. The minimum absolute atomic E-state index is 0.307. The quantitative estimate of drug-likeness (QED) is 0.764. The van der Waals surface area contributed by atoms with Crippen molar-refractivity contribution in [2.45, 2.75) is 51.0 Å². The maximum atomic E-state index is 10.3. The summed E-state index contributed by atoms with van der Waals surface area (Å²) < 4.78 is 1.77. The summed E-state index contributed by atoms with van der Waals surface area (Å²) in [6.45, 7) is 4.70. The first-order chi connectivity index (χ1) is 8.43. The molecule has 5 nitrogen and oxygen atoms in total. The number of hydrogen-bond acceptors (Lipinski definition) is 4. The number of rotatable bonds is 4. The Morgan fingerprint density at radius 3 is 2.56 bits per heavy atom. The van der Waals surface area contributed by atoms with Crippen molar-refractivity contribution in [3.63, 3.8) is 0 Å². The summed E-state index contributed by atoms with van der Waals surface area (Å²) in [7, 11) is 1.88. The standard InChI is InChI=1S/C13H24N4O/c1-9(2)11-10(14)12(17(3)16-11)15-8-13(18)6-4-5-7-13/h9,15,18H,4-8,14H2,1-3H3. The Labute approximate surface area is 108 Å². The fourth-order valence-corrected chi connectivity index (χ4v) is 2.66. The third-order valence-electron chi connectivity index (χ3n) is 3.78. The fraction of sp³-hybridized carbons (Fsp3) is 0.769. The van der Waals surface area contributed by atoms with Gasteiger partial charge in [-0.05, 0) is 18.8 Å². The molecule has 1 saturated carbocycles. The molecule has 1 fully saturated rings. The summed E-state index contributed by atoms with van der Waals surface area (Å²) in [6, 6.07) is 0. The number of aromatic nitrogens is 2. The van der Waals surface area contributed by atoms with Crippen molar-refractivity contribution in [1.82, 2.24) is 9.78 Å². The summed E-state index contributed by atoms with van der Waals surface area (Å²) in [4.78, 5) is 0. The number of anilines is 2. The van der Waals surface area contributed by atoms with Gasteiger partial charge < -0.3 is 16.2 Å². The Balaban J connectivity index is 2.09. The molecule has 0 bridgehead atoms. The predicted octanol–water partition coefficient (Wildman–Crippen LogP) is 1.84. The molecule has 0 atom stereocenters. The molecule has 1 aromatic heterocycles. The van der Waals surface area contributed by atoms with Crippen LogP contribution in [-0.2, 0) is 7.05 Å². The zero-order valence-electron chi connectivity index (χ0n) is 11.5. The van der Waals surface area contributed by atoms with E-state index in [9.17, 15) is 5.11 Å². The van der Waals surface area contributed by atoms with Crippen LogP contribution in [0.15, 0.2) is 0 Å². The number of nitrogens with one attached hydrogen (secondary N) is 1. The van der Waals surface area contributed by atoms with Crippen molar-refractivity contribution in [3.05, 3.63) is 5.69 Å². The molecule has 0 radical (unpaired) electrons. The number of nitrogen functional groups attached to an aromatic ring is 1. The SMILES string of the molecule is CC(C)c1nn(C)c(NCC2(O)CCCC2)c1N. The van der Waals surface area contributed by atoms with E-state index >= 15 is 0 Å². The molecule has 0 aromatic carbocycles. The van der Waals surface area contributed by atoms with Crippen LogP contribution < -0.4 is 11.1 Å². The summed E-state index contributed by atoms with van der Waals surface area (Å²) >= 11 is 0. The summed E-state index contributed by atoms with van der Waals surface area (Å²) in [5, 5.41) is 18.0. The Morgan fingerprint density at radius 2 is 2.06 bits per heavy atom. The van der Waals surface area contributed by atoms with Gasteiger partial charge in [-0.1, -0.05) is 26.7 Å². The van der Waals surface area contributed by atoms with Crippen LogP contribution in [0.5, 0.6) is 0 Å². The van der Waals surface area contributed by atoms with Crippen LogP contribution in [0.4, 0.5) is 11.5 Å². The lowest BCUT2D eigenvalue weighted by molar-refractivity contribution is 0.0613. The molecule has 102 valence electrons. The Kier molecular flexibility index (Phi) is 3.52. The van der Waals surface area contributed by atoms with E-state index in [2.05, 4.69) is 24.3 Å². The largest absolute Gasteiger partial charge is 0.394 e. The average molecular weight is 252 g/mol. The molecular weight excluding hydrogens is 228 g/mol. The second-order valence-corrected chi connectivity index (χ2v) is 5.71. The van der Waals surface area contributed by atoms with Crippen molar-refractivity contribution in [2.75, 3.05) is 17.6 Å². The molecule has 1 aliphatic carbocycles. The number of nitrogens with two attached hydrogens (primary N) is 1. The van der Waals surface area contributed by atoms with Gasteiger partial charge in [0.15, 0.2) is 0 Å². The van der Waals surface area contributed by atoms with Gasteiger partial charge in [-0.3, -0.25) is 4.68 Å². The minimum atomic E-state index is -0.575. The Bertz CT molecular complexity index is 419. The van der Waals surface area contributed by atoms with E-state index in [-0.39, 0.29) is 0 Å². The highest BCUT2D eigenvalue weighted by Gasteiger charge is 2.31. The summed E-state index contributed by atoms with van der Waals surface area (Å²) in [5.41, 5.74) is 7.15. The normalized spacial score (nSPS) is 18.5. The van der Waals surface area contributed by atoms with Crippen molar-refractivity contribution >= 4 is 11.5 Å². The van der Waals surface area contributed by atoms with Gasteiger partial charge in [-0.15, -0.1) is 0 Å². The van der Waals surface area contributed by atoms with Crippen LogP contribution in [-0.4, -0.2) is 27.0 Å². The highest BCUT2D eigenvalue weighted by atomic mass is 16.3. The maximum absolute atomic E-state index is 10.3. The molecule has 0 spiro atoms. The van der Waals surface area contributed by atoms with Crippen molar-refractivity contribution in [2.24, 2.45) is 7.05 Å². The topological polar surface area (TPSA) is 76.1 Å².